The molecule has 2 aromatic heterocycles. The van der Waals surface area contributed by atoms with Crippen LogP contribution >= 0.6 is 11.3 Å². The van der Waals surface area contributed by atoms with Gasteiger partial charge in [-0.25, -0.2) is 13.4 Å². The molecule has 0 amide bonds. The van der Waals surface area contributed by atoms with Crippen molar-refractivity contribution in [1.82, 2.24) is 9.97 Å². The fourth-order valence-corrected chi connectivity index (χ4v) is 4.38. The molecule has 2 aromatic carbocycles. The average Bonchev–Trinajstić information content (AvgIpc) is 3.10. The standard InChI is InChI=1S/C20H17N3O2S2/c1-13-10-17(16-8-3-4-9-18(16)21-13)20-22-19(12-26-20)14-6-5-7-15(11-14)23-27(2,24)25/h3-12,23H,1-2H3. The third-order valence-corrected chi connectivity index (χ3v) is 5.52. The second kappa shape index (κ2) is 6.75. The first-order valence-corrected chi connectivity index (χ1v) is 11.1. The number of para-hydroxylation sites is 1. The van der Waals surface area contributed by atoms with Gasteiger partial charge in [0.25, 0.3) is 0 Å². The molecule has 0 aliphatic rings. The largest absolute Gasteiger partial charge is 0.284 e. The summed E-state index contributed by atoms with van der Waals surface area (Å²) in [6.07, 6.45) is 1.14. The molecule has 4 rings (SSSR count). The zero-order valence-corrected chi connectivity index (χ0v) is 16.4. The van der Waals surface area contributed by atoms with E-state index in [1.807, 2.05) is 48.7 Å². The van der Waals surface area contributed by atoms with Crippen LogP contribution in [0.1, 0.15) is 5.69 Å². The minimum atomic E-state index is -3.32. The van der Waals surface area contributed by atoms with Crippen LogP contribution in [-0.2, 0) is 10.0 Å². The van der Waals surface area contributed by atoms with Crippen molar-refractivity contribution in [2.45, 2.75) is 6.92 Å². The smallest absolute Gasteiger partial charge is 0.229 e. The Morgan fingerprint density at radius 3 is 2.63 bits per heavy atom. The third-order valence-electron chi connectivity index (χ3n) is 4.04. The van der Waals surface area contributed by atoms with Crippen LogP contribution in [-0.4, -0.2) is 24.6 Å². The lowest BCUT2D eigenvalue weighted by Crippen LogP contribution is -2.09. The van der Waals surface area contributed by atoms with E-state index in [1.165, 1.54) is 0 Å². The molecule has 0 radical (unpaired) electrons. The highest BCUT2D eigenvalue weighted by molar-refractivity contribution is 7.92. The van der Waals surface area contributed by atoms with E-state index in [2.05, 4.69) is 15.8 Å². The van der Waals surface area contributed by atoms with E-state index in [1.54, 1.807) is 23.5 Å². The normalized spacial score (nSPS) is 11.6. The number of pyridine rings is 1. The van der Waals surface area contributed by atoms with Crippen molar-refractivity contribution in [2.75, 3.05) is 11.0 Å². The van der Waals surface area contributed by atoms with Gasteiger partial charge in [0.05, 0.1) is 17.5 Å². The maximum absolute atomic E-state index is 11.5. The van der Waals surface area contributed by atoms with Gasteiger partial charge in [0.15, 0.2) is 0 Å². The van der Waals surface area contributed by atoms with Gasteiger partial charge in [0.2, 0.25) is 10.0 Å². The molecule has 0 saturated carbocycles. The SMILES string of the molecule is Cc1cc(-c2nc(-c3cccc(NS(C)(=O)=O)c3)cs2)c2ccccc2n1. The second-order valence-electron chi connectivity index (χ2n) is 6.32. The van der Waals surface area contributed by atoms with E-state index in [4.69, 9.17) is 4.98 Å². The maximum Gasteiger partial charge on any atom is 0.229 e. The molecule has 4 aromatic rings. The molecule has 1 N–H and O–H groups in total. The Morgan fingerprint density at radius 1 is 1.00 bits per heavy atom. The first-order chi connectivity index (χ1) is 12.9. The predicted molar refractivity (Wildman–Crippen MR) is 111 cm³/mol. The van der Waals surface area contributed by atoms with E-state index < -0.39 is 10.0 Å². The number of fused-ring (bicyclic) bond motifs is 1. The molecule has 7 heteroatoms. The van der Waals surface area contributed by atoms with Gasteiger partial charge >= 0.3 is 0 Å². The molecule has 0 bridgehead atoms. The molecule has 0 spiro atoms. The van der Waals surface area contributed by atoms with Crippen molar-refractivity contribution in [3.63, 3.8) is 0 Å². The minimum absolute atomic E-state index is 0.523. The maximum atomic E-state index is 11.5. The highest BCUT2D eigenvalue weighted by Crippen LogP contribution is 2.34. The molecule has 0 fully saturated rings. The number of benzene rings is 2. The summed E-state index contributed by atoms with van der Waals surface area (Å²) >= 11 is 1.56. The molecular weight excluding hydrogens is 378 g/mol. The van der Waals surface area contributed by atoms with Gasteiger partial charge in [-0.05, 0) is 31.2 Å². The van der Waals surface area contributed by atoms with Crippen LogP contribution in [0.5, 0.6) is 0 Å². The quantitative estimate of drug-likeness (QED) is 0.543. The molecule has 5 nitrogen and oxygen atoms in total. The summed E-state index contributed by atoms with van der Waals surface area (Å²) in [4.78, 5) is 9.38. The summed E-state index contributed by atoms with van der Waals surface area (Å²) < 4.78 is 25.4. The van der Waals surface area contributed by atoms with E-state index in [-0.39, 0.29) is 0 Å². The van der Waals surface area contributed by atoms with Gasteiger partial charge < -0.3 is 0 Å². The van der Waals surface area contributed by atoms with Gasteiger partial charge in [-0.2, -0.15) is 0 Å². The number of aryl methyl sites for hydroxylation is 1. The van der Waals surface area contributed by atoms with Crippen molar-refractivity contribution < 1.29 is 8.42 Å². The molecule has 27 heavy (non-hydrogen) atoms. The van der Waals surface area contributed by atoms with Gasteiger partial charge in [-0.1, -0.05) is 30.3 Å². The van der Waals surface area contributed by atoms with Gasteiger partial charge in [0.1, 0.15) is 5.01 Å². The highest BCUT2D eigenvalue weighted by Gasteiger charge is 2.12. The Hall–Kier alpha value is -2.77. The predicted octanol–water partition coefficient (Wildman–Crippen LogP) is 4.71. The van der Waals surface area contributed by atoms with Crippen molar-refractivity contribution in [2.24, 2.45) is 0 Å². The Labute approximate surface area is 161 Å². The first-order valence-electron chi connectivity index (χ1n) is 8.29. The number of rotatable bonds is 4. The summed E-state index contributed by atoms with van der Waals surface area (Å²) in [7, 11) is -3.32. The van der Waals surface area contributed by atoms with Crippen LogP contribution in [0.15, 0.2) is 60.0 Å². The number of nitrogens with one attached hydrogen (secondary N) is 1. The molecule has 0 saturated heterocycles. The summed E-state index contributed by atoms with van der Waals surface area (Å²) in [5.41, 5.74) is 5.14. The summed E-state index contributed by atoms with van der Waals surface area (Å²) in [6, 6.07) is 17.3. The number of hydrogen-bond acceptors (Lipinski definition) is 5. The van der Waals surface area contributed by atoms with Crippen LogP contribution < -0.4 is 4.72 Å². The van der Waals surface area contributed by atoms with Crippen LogP contribution in [0, 0.1) is 6.92 Å². The fraction of sp³-hybridized carbons (Fsp3) is 0.100. The molecule has 0 atom stereocenters. The zero-order valence-electron chi connectivity index (χ0n) is 14.8. The number of hydrogen-bond donors (Lipinski definition) is 1. The Bertz CT molecular complexity index is 1250. The lowest BCUT2D eigenvalue weighted by Gasteiger charge is -2.06. The lowest BCUT2D eigenvalue weighted by atomic mass is 10.1. The van der Waals surface area contributed by atoms with Crippen molar-refractivity contribution in [3.8, 4) is 21.8 Å². The second-order valence-corrected chi connectivity index (χ2v) is 8.93. The minimum Gasteiger partial charge on any atom is -0.284 e. The molecule has 2 heterocycles. The lowest BCUT2D eigenvalue weighted by molar-refractivity contribution is 0.607. The van der Waals surface area contributed by atoms with Crippen molar-refractivity contribution in [1.29, 1.82) is 0 Å². The van der Waals surface area contributed by atoms with Crippen LogP contribution in [0.25, 0.3) is 32.7 Å². The monoisotopic (exact) mass is 395 g/mol. The van der Waals surface area contributed by atoms with E-state index in [0.717, 1.165) is 44.7 Å². The van der Waals surface area contributed by atoms with Crippen LogP contribution in [0.2, 0.25) is 0 Å². The number of anilines is 1. The third kappa shape index (κ3) is 3.84. The van der Waals surface area contributed by atoms with Crippen LogP contribution in [0.3, 0.4) is 0 Å². The van der Waals surface area contributed by atoms with Crippen molar-refractivity contribution in [3.05, 3.63) is 65.7 Å². The number of nitrogens with zero attached hydrogens (tertiary/aromatic N) is 2. The topological polar surface area (TPSA) is 72.0 Å². The Morgan fingerprint density at radius 2 is 1.81 bits per heavy atom. The summed E-state index contributed by atoms with van der Waals surface area (Å²) in [5, 5.41) is 3.96. The molecular formula is C20H17N3O2S2. The van der Waals surface area contributed by atoms with Gasteiger partial charge in [-0.15, -0.1) is 11.3 Å². The zero-order chi connectivity index (χ0) is 19.0. The number of aromatic nitrogens is 2. The average molecular weight is 396 g/mol. The molecule has 136 valence electrons. The van der Waals surface area contributed by atoms with Crippen molar-refractivity contribution >= 4 is 38.0 Å². The summed E-state index contributed by atoms with van der Waals surface area (Å²) in [5.74, 6) is 0. The Kier molecular flexibility index (Phi) is 4.41. The highest BCUT2D eigenvalue weighted by atomic mass is 32.2. The van der Waals surface area contributed by atoms with E-state index >= 15 is 0 Å². The molecule has 0 aliphatic carbocycles. The fourth-order valence-electron chi connectivity index (χ4n) is 2.97. The first kappa shape index (κ1) is 17.6. The molecule has 0 unspecified atom stereocenters. The van der Waals surface area contributed by atoms with E-state index in [9.17, 15) is 8.42 Å². The molecule has 0 aliphatic heterocycles. The Balaban J connectivity index is 1.76. The van der Waals surface area contributed by atoms with Crippen LogP contribution in [0.4, 0.5) is 5.69 Å². The number of thiazole rings is 1. The van der Waals surface area contributed by atoms with Gasteiger partial charge in [0, 0.05) is 33.3 Å². The van der Waals surface area contributed by atoms with E-state index in [0.29, 0.717) is 5.69 Å². The number of sulfonamides is 1. The summed E-state index contributed by atoms with van der Waals surface area (Å²) in [6.45, 7) is 1.98. The van der Waals surface area contributed by atoms with Gasteiger partial charge in [-0.3, -0.25) is 9.71 Å².